The molecule has 0 aliphatic carbocycles. The number of aromatic nitrogens is 2. The molecule has 3 nitrogen and oxygen atoms in total. The third-order valence-corrected chi connectivity index (χ3v) is 3.40. The molecule has 5 heteroatoms. The third-order valence-electron chi connectivity index (χ3n) is 3.40. The van der Waals surface area contributed by atoms with Gasteiger partial charge in [0.2, 0.25) is 0 Å². The predicted molar refractivity (Wildman–Crippen MR) is 81.8 cm³/mol. The van der Waals surface area contributed by atoms with E-state index in [9.17, 15) is 8.78 Å². The van der Waals surface area contributed by atoms with Gasteiger partial charge in [0.1, 0.15) is 11.6 Å². The van der Waals surface area contributed by atoms with Crippen LogP contribution in [-0.4, -0.2) is 16.6 Å². The van der Waals surface area contributed by atoms with Crippen LogP contribution in [0.4, 0.5) is 8.78 Å². The number of hydrogen-bond donors (Lipinski definition) is 1. The maximum Gasteiger partial charge on any atom is 0.168 e. The van der Waals surface area contributed by atoms with Crippen LogP contribution in [0.25, 0.3) is 22.4 Å². The Balaban J connectivity index is 2.07. The molecule has 0 saturated carbocycles. The molecular formula is C17H16F2N2O. The van der Waals surface area contributed by atoms with Crippen molar-refractivity contribution in [3.8, 4) is 17.1 Å². The second-order valence-corrected chi connectivity index (χ2v) is 5.07. The maximum atomic E-state index is 14.1. The fourth-order valence-electron chi connectivity index (χ4n) is 2.28. The normalized spacial score (nSPS) is 11.0. The Labute approximate surface area is 127 Å². The summed E-state index contributed by atoms with van der Waals surface area (Å²) in [4.78, 5) is 7.46. The van der Waals surface area contributed by atoms with Crippen LogP contribution in [0.3, 0.4) is 0 Å². The minimum Gasteiger partial charge on any atom is -0.490 e. The highest BCUT2D eigenvalue weighted by Gasteiger charge is 2.17. The molecule has 3 rings (SSSR count). The number of imidazole rings is 1. The summed E-state index contributed by atoms with van der Waals surface area (Å²) in [5, 5.41) is 0. The van der Waals surface area contributed by atoms with Gasteiger partial charge in [0, 0.05) is 6.07 Å². The van der Waals surface area contributed by atoms with Gasteiger partial charge in [0.05, 0.1) is 23.2 Å². The number of nitrogens with zero attached hydrogens (tertiary/aromatic N) is 1. The van der Waals surface area contributed by atoms with E-state index in [2.05, 4.69) is 9.97 Å². The van der Waals surface area contributed by atoms with E-state index in [0.29, 0.717) is 18.0 Å². The van der Waals surface area contributed by atoms with Crippen LogP contribution in [0.1, 0.15) is 19.8 Å². The molecule has 22 heavy (non-hydrogen) atoms. The number of aromatic amines is 1. The van der Waals surface area contributed by atoms with Crippen LogP contribution >= 0.6 is 0 Å². The second kappa shape index (κ2) is 6.13. The van der Waals surface area contributed by atoms with E-state index >= 15 is 0 Å². The number of halogens is 2. The van der Waals surface area contributed by atoms with Crippen molar-refractivity contribution >= 4 is 11.0 Å². The van der Waals surface area contributed by atoms with E-state index in [-0.39, 0.29) is 5.75 Å². The number of rotatable bonds is 5. The summed E-state index contributed by atoms with van der Waals surface area (Å²) in [6.07, 6.45) is 1.74. The Morgan fingerprint density at radius 3 is 2.77 bits per heavy atom. The largest absolute Gasteiger partial charge is 0.490 e. The number of unbranched alkanes of at least 4 members (excludes halogenated alkanes) is 1. The van der Waals surface area contributed by atoms with Gasteiger partial charge in [-0.2, -0.15) is 0 Å². The fraction of sp³-hybridized carbons (Fsp3) is 0.235. The molecule has 2 aromatic carbocycles. The lowest BCUT2D eigenvalue weighted by Crippen LogP contribution is -2.02. The smallest absolute Gasteiger partial charge is 0.168 e. The summed E-state index contributed by atoms with van der Waals surface area (Å²) in [7, 11) is 0. The first kappa shape index (κ1) is 14.5. The standard InChI is InChI=1S/C17H16F2N2O/c1-2-3-8-22-16-12(9-11(18)10-13(16)19)17-20-14-6-4-5-7-15(14)21-17/h4-7,9-10H,2-3,8H2,1H3,(H,20,21). The highest BCUT2D eigenvalue weighted by atomic mass is 19.1. The summed E-state index contributed by atoms with van der Waals surface area (Å²) in [5.74, 6) is -0.942. The van der Waals surface area contributed by atoms with Crippen LogP contribution in [0.15, 0.2) is 36.4 Å². The highest BCUT2D eigenvalue weighted by molar-refractivity contribution is 5.80. The minimum atomic E-state index is -0.716. The topological polar surface area (TPSA) is 37.9 Å². The highest BCUT2D eigenvalue weighted by Crippen LogP contribution is 2.33. The van der Waals surface area contributed by atoms with Gasteiger partial charge in [-0.3, -0.25) is 0 Å². The Morgan fingerprint density at radius 1 is 1.18 bits per heavy atom. The van der Waals surface area contributed by atoms with E-state index in [4.69, 9.17) is 4.74 Å². The Bertz CT molecular complexity index is 765. The maximum absolute atomic E-state index is 14.1. The monoisotopic (exact) mass is 302 g/mol. The molecule has 0 aliphatic rings. The summed E-state index contributed by atoms with van der Waals surface area (Å²) in [5.41, 5.74) is 1.84. The number of benzene rings is 2. The van der Waals surface area contributed by atoms with Gasteiger partial charge in [-0.15, -0.1) is 0 Å². The molecule has 3 aromatic rings. The van der Waals surface area contributed by atoms with Crippen molar-refractivity contribution in [3.05, 3.63) is 48.0 Å². The van der Waals surface area contributed by atoms with Crippen LogP contribution in [0, 0.1) is 11.6 Å². The molecule has 0 unspecified atom stereocenters. The minimum absolute atomic E-state index is 0.0360. The number of ether oxygens (including phenoxy) is 1. The zero-order valence-corrected chi connectivity index (χ0v) is 12.2. The summed E-state index contributed by atoms with van der Waals surface area (Å²) < 4.78 is 33.2. The number of fused-ring (bicyclic) bond motifs is 1. The van der Waals surface area contributed by atoms with E-state index in [1.165, 1.54) is 6.07 Å². The Hall–Kier alpha value is -2.43. The lowest BCUT2D eigenvalue weighted by molar-refractivity contribution is 0.294. The molecule has 0 saturated heterocycles. The predicted octanol–water partition coefficient (Wildman–Crippen LogP) is 4.69. The molecular weight excluding hydrogens is 286 g/mol. The molecule has 0 spiro atoms. The molecule has 1 heterocycles. The van der Waals surface area contributed by atoms with E-state index in [0.717, 1.165) is 29.9 Å². The first-order valence-electron chi connectivity index (χ1n) is 7.26. The van der Waals surface area contributed by atoms with Crippen LogP contribution in [0.2, 0.25) is 0 Å². The molecule has 114 valence electrons. The fourth-order valence-corrected chi connectivity index (χ4v) is 2.28. The average molecular weight is 302 g/mol. The van der Waals surface area contributed by atoms with Crippen molar-refractivity contribution in [1.82, 2.24) is 9.97 Å². The zero-order valence-electron chi connectivity index (χ0n) is 12.2. The quantitative estimate of drug-likeness (QED) is 0.694. The van der Waals surface area contributed by atoms with E-state index < -0.39 is 11.6 Å². The van der Waals surface area contributed by atoms with Gasteiger partial charge in [-0.25, -0.2) is 13.8 Å². The first-order chi connectivity index (χ1) is 10.7. The first-order valence-corrected chi connectivity index (χ1v) is 7.26. The number of hydrogen-bond acceptors (Lipinski definition) is 2. The Kier molecular flexibility index (Phi) is 4.04. The molecule has 0 atom stereocenters. The number of H-pyrrole nitrogens is 1. The summed E-state index contributed by atoms with van der Waals surface area (Å²) >= 11 is 0. The lowest BCUT2D eigenvalue weighted by atomic mass is 10.1. The van der Waals surface area contributed by atoms with Gasteiger partial charge >= 0.3 is 0 Å². The number of para-hydroxylation sites is 2. The average Bonchev–Trinajstić information content (AvgIpc) is 2.93. The van der Waals surface area contributed by atoms with E-state index in [1.54, 1.807) is 0 Å². The van der Waals surface area contributed by atoms with Crippen molar-refractivity contribution in [2.24, 2.45) is 0 Å². The van der Waals surface area contributed by atoms with Gasteiger partial charge in [0.25, 0.3) is 0 Å². The van der Waals surface area contributed by atoms with Gasteiger partial charge in [0.15, 0.2) is 11.6 Å². The summed E-state index contributed by atoms with van der Waals surface area (Å²) in [6.45, 7) is 2.40. The lowest BCUT2D eigenvalue weighted by Gasteiger charge is -2.11. The van der Waals surface area contributed by atoms with Gasteiger partial charge < -0.3 is 9.72 Å². The van der Waals surface area contributed by atoms with Crippen LogP contribution < -0.4 is 4.74 Å². The molecule has 0 aliphatic heterocycles. The molecule has 0 amide bonds. The molecule has 0 bridgehead atoms. The van der Waals surface area contributed by atoms with Crippen LogP contribution in [-0.2, 0) is 0 Å². The van der Waals surface area contributed by atoms with Gasteiger partial charge in [-0.1, -0.05) is 25.5 Å². The summed E-state index contributed by atoms with van der Waals surface area (Å²) in [6, 6.07) is 9.49. The molecule has 1 aromatic heterocycles. The second-order valence-electron chi connectivity index (χ2n) is 5.07. The molecule has 0 radical (unpaired) electrons. The van der Waals surface area contributed by atoms with Crippen molar-refractivity contribution in [1.29, 1.82) is 0 Å². The molecule has 1 N–H and O–H groups in total. The zero-order chi connectivity index (χ0) is 15.5. The van der Waals surface area contributed by atoms with Gasteiger partial charge in [-0.05, 0) is 24.6 Å². The SMILES string of the molecule is CCCCOc1c(F)cc(F)cc1-c1nc2ccccc2[nH]1. The number of nitrogens with one attached hydrogen (secondary N) is 1. The van der Waals surface area contributed by atoms with Crippen molar-refractivity contribution in [2.75, 3.05) is 6.61 Å². The molecule has 0 fully saturated rings. The van der Waals surface area contributed by atoms with E-state index in [1.807, 2.05) is 31.2 Å². The Morgan fingerprint density at radius 2 is 2.00 bits per heavy atom. The van der Waals surface area contributed by atoms with Crippen molar-refractivity contribution < 1.29 is 13.5 Å². The van der Waals surface area contributed by atoms with Crippen LogP contribution in [0.5, 0.6) is 5.75 Å². The van der Waals surface area contributed by atoms with Crippen molar-refractivity contribution in [3.63, 3.8) is 0 Å². The third kappa shape index (κ3) is 2.79. The van der Waals surface area contributed by atoms with Crippen molar-refractivity contribution in [2.45, 2.75) is 19.8 Å².